The molecule has 2 rings (SSSR count). The number of benzene rings is 1. The number of amides is 1. The summed E-state index contributed by atoms with van der Waals surface area (Å²) < 4.78 is 38.5. The lowest BCUT2D eigenvalue weighted by Gasteiger charge is -2.24. The van der Waals surface area contributed by atoms with Crippen molar-refractivity contribution in [1.29, 1.82) is 0 Å². The average molecular weight is 328 g/mol. The lowest BCUT2D eigenvalue weighted by molar-refractivity contribution is -0.137. The topological polar surface area (TPSA) is 41.1 Å². The molecule has 1 saturated heterocycles. The molecule has 1 heterocycles. The summed E-state index contributed by atoms with van der Waals surface area (Å²) in [6, 6.07) is 5.06. The molecule has 2 unspecified atom stereocenters. The van der Waals surface area contributed by atoms with E-state index in [1.807, 2.05) is 6.92 Å². The highest BCUT2D eigenvalue weighted by molar-refractivity contribution is 5.83. The van der Waals surface area contributed by atoms with Gasteiger partial charge >= 0.3 is 6.18 Å². The SMILES string of the molecule is CCC(C(=O)NCC1CCCNC1)c1cccc(C(F)(F)F)c1. The number of hydrogen-bond donors (Lipinski definition) is 2. The van der Waals surface area contributed by atoms with Gasteiger partial charge in [0.1, 0.15) is 0 Å². The number of carbonyl (C=O) groups excluding carboxylic acids is 1. The summed E-state index contributed by atoms with van der Waals surface area (Å²) in [4.78, 5) is 12.4. The minimum Gasteiger partial charge on any atom is -0.355 e. The van der Waals surface area contributed by atoms with Crippen molar-refractivity contribution in [3.8, 4) is 0 Å². The maximum atomic E-state index is 12.8. The van der Waals surface area contributed by atoms with E-state index in [1.165, 1.54) is 6.07 Å². The van der Waals surface area contributed by atoms with Crippen LogP contribution in [0.5, 0.6) is 0 Å². The smallest absolute Gasteiger partial charge is 0.355 e. The number of alkyl halides is 3. The van der Waals surface area contributed by atoms with Crippen molar-refractivity contribution < 1.29 is 18.0 Å². The van der Waals surface area contributed by atoms with Gasteiger partial charge in [-0.25, -0.2) is 0 Å². The van der Waals surface area contributed by atoms with E-state index in [2.05, 4.69) is 10.6 Å². The van der Waals surface area contributed by atoms with E-state index in [0.717, 1.165) is 38.1 Å². The van der Waals surface area contributed by atoms with E-state index in [0.29, 0.717) is 24.4 Å². The third-order valence-corrected chi connectivity index (χ3v) is 4.30. The molecule has 0 aliphatic carbocycles. The van der Waals surface area contributed by atoms with Gasteiger partial charge in [-0.3, -0.25) is 4.79 Å². The van der Waals surface area contributed by atoms with Gasteiger partial charge in [0.25, 0.3) is 0 Å². The Morgan fingerprint density at radius 1 is 1.43 bits per heavy atom. The number of nitrogens with one attached hydrogen (secondary N) is 2. The zero-order valence-corrected chi connectivity index (χ0v) is 13.2. The first kappa shape index (κ1) is 17.8. The van der Waals surface area contributed by atoms with E-state index in [1.54, 1.807) is 6.07 Å². The zero-order valence-electron chi connectivity index (χ0n) is 13.2. The van der Waals surface area contributed by atoms with E-state index >= 15 is 0 Å². The Kier molecular flexibility index (Phi) is 6.04. The first-order chi connectivity index (χ1) is 10.9. The van der Waals surface area contributed by atoms with Crippen LogP contribution in [0.1, 0.15) is 43.2 Å². The van der Waals surface area contributed by atoms with Crippen LogP contribution in [0.25, 0.3) is 0 Å². The van der Waals surface area contributed by atoms with Crippen molar-refractivity contribution in [2.24, 2.45) is 5.92 Å². The molecule has 1 amide bonds. The van der Waals surface area contributed by atoms with Gasteiger partial charge in [-0.15, -0.1) is 0 Å². The quantitative estimate of drug-likeness (QED) is 0.871. The van der Waals surface area contributed by atoms with Crippen LogP contribution in [-0.2, 0) is 11.0 Å². The summed E-state index contributed by atoms with van der Waals surface area (Å²) in [7, 11) is 0. The number of rotatable bonds is 5. The third kappa shape index (κ3) is 4.96. The lowest BCUT2D eigenvalue weighted by atomic mass is 9.93. The molecule has 1 aliphatic heterocycles. The fourth-order valence-corrected chi connectivity index (χ4v) is 2.97. The van der Waals surface area contributed by atoms with Gasteiger partial charge in [0.05, 0.1) is 11.5 Å². The van der Waals surface area contributed by atoms with Gasteiger partial charge in [0, 0.05) is 6.54 Å². The Bertz CT molecular complexity index is 525. The zero-order chi connectivity index (χ0) is 16.9. The van der Waals surface area contributed by atoms with Crippen LogP contribution in [0.2, 0.25) is 0 Å². The number of hydrogen-bond acceptors (Lipinski definition) is 2. The average Bonchev–Trinajstić information content (AvgIpc) is 2.54. The van der Waals surface area contributed by atoms with Crippen molar-refractivity contribution in [1.82, 2.24) is 10.6 Å². The Hall–Kier alpha value is -1.56. The molecule has 1 fully saturated rings. The number of carbonyl (C=O) groups is 1. The molecule has 23 heavy (non-hydrogen) atoms. The largest absolute Gasteiger partial charge is 0.416 e. The van der Waals surface area contributed by atoms with Gasteiger partial charge in [0.15, 0.2) is 0 Å². The fourth-order valence-electron chi connectivity index (χ4n) is 2.97. The maximum Gasteiger partial charge on any atom is 0.416 e. The summed E-state index contributed by atoms with van der Waals surface area (Å²) in [5.41, 5.74) is -0.292. The Morgan fingerprint density at radius 3 is 2.83 bits per heavy atom. The van der Waals surface area contributed by atoms with Gasteiger partial charge in [-0.2, -0.15) is 13.2 Å². The molecule has 2 atom stereocenters. The molecule has 128 valence electrons. The van der Waals surface area contributed by atoms with E-state index in [9.17, 15) is 18.0 Å². The predicted molar refractivity (Wildman–Crippen MR) is 83.1 cm³/mol. The van der Waals surface area contributed by atoms with Gasteiger partial charge < -0.3 is 10.6 Å². The Balaban J connectivity index is 2.02. The van der Waals surface area contributed by atoms with Crippen LogP contribution in [0, 0.1) is 5.92 Å². The molecule has 1 aliphatic rings. The first-order valence-electron chi connectivity index (χ1n) is 8.07. The molecule has 1 aromatic rings. The second-order valence-corrected chi connectivity index (χ2v) is 6.04. The maximum absolute atomic E-state index is 12.8. The van der Waals surface area contributed by atoms with E-state index < -0.39 is 17.7 Å². The number of halogens is 3. The molecule has 2 N–H and O–H groups in total. The van der Waals surface area contributed by atoms with Crippen molar-refractivity contribution in [2.75, 3.05) is 19.6 Å². The molecule has 0 saturated carbocycles. The lowest BCUT2D eigenvalue weighted by Crippen LogP contribution is -2.39. The molecule has 0 bridgehead atoms. The molecular weight excluding hydrogens is 305 g/mol. The molecule has 0 spiro atoms. The van der Waals surface area contributed by atoms with Crippen LogP contribution < -0.4 is 10.6 Å². The van der Waals surface area contributed by atoms with Crippen LogP contribution >= 0.6 is 0 Å². The van der Waals surface area contributed by atoms with Crippen LogP contribution in [0.3, 0.4) is 0 Å². The van der Waals surface area contributed by atoms with Gasteiger partial charge in [0.2, 0.25) is 5.91 Å². The standard InChI is InChI=1S/C17H23F3N2O/c1-2-15(13-6-3-7-14(9-13)17(18,19)20)16(23)22-11-12-5-4-8-21-10-12/h3,6-7,9,12,15,21H,2,4-5,8,10-11H2,1H3,(H,22,23). The molecule has 0 radical (unpaired) electrons. The highest BCUT2D eigenvalue weighted by Gasteiger charge is 2.31. The van der Waals surface area contributed by atoms with Crippen molar-refractivity contribution >= 4 is 5.91 Å². The molecule has 0 aromatic heterocycles. The highest BCUT2D eigenvalue weighted by Crippen LogP contribution is 2.31. The van der Waals surface area contributed by atoms with E-state index in [-0.39, 0.29) is 5.91 Å². The summed E-state index contributed by atoms with van der Waals surface area (Å²) in [5, 5.41) is 6.18. The fraction of sp³-hybridized carbons (Fsp3) is 0.588. The normalized spacial score (nSPS) is 20.1. The molecule has 3 nitrogen and oxygen atoms in total. The molecular formula is C17H23F3N2O. The van der Waals surface area contributed by atoms with Crippen LogP contribution in [0.4, 0.5) is 13.2 Å². The van der Waals surface area contributed by atoms with Crippen LogP contribution in [-0.4, -0.2) is 25.5 Å². The first-order valence-corrected chi connectivity index (χ1v) is 8.07. The summed E-state index contributed by atoms with van der Waals surface area (Å²) in [6.45, 7) is 4.26. The summed E-state index contributed by atoms with van der Waals surface area (Å²) in [5.74, 6) is -0.349. The monoisotopic (exact) mass is 328 g/mol. The molecule has 1 aromatic carbocycles. The highest BCUT2D eigenvalue weighted by atomic mass is 19.4. The summed E-state index contributed by atoms with van der Waals surface area (Å²) >= 11 is 0. The van der Waals surface area contributed by atoms with Crippen molar-refractivity contribution in [2.45, 2.75) is 38.3 Å². The second-order valence-electron chi connectivity index (χ2n) is 6.04. The van der Waals surface area contributed by atoms with Crippen LogP contribution in [0.15, 0.2) is 24.3 Å². The van der Waals surface area contributed by atoms with Crippen molar-refractivity contribution in [3.63, 3.8) is 0 Å². The second kappa shape index (κ2) is 7.81. The predicted octanol–water partition coefficient (Wildman–Crippen LogP) is 3.31. The molecule has 6 heteroatoms. The van der Waals surface area contributed by atoms with E-state index in [4.69, 9.17) is 0 Å². The van der Waals surface area contributed by atoms with Gasteiger partial charge in [-0.1, -0.05) is 25.1 Å². The Labute approximate surface area is 134 Å². The van der Waals surface area contributed by atoms with Gasteiger partial charge in [-0.05, 0) is 49.9 Å². The minimum atomic E-state index is -4.39. The number of piperidine rings is 1. The van der Waals surface area contributed by atoms with Crippen molar-refractivity contribution in [3.05, 3.63) is 35.4 Å². The minimum absolute atomic E-state index is 0.197. The summed E-state index contributed by atoms with van der Waals surface area (Å²) in [6.07, 6.45) is -1.77. The Morgan fingerprint density at radius 2 is 2.22 bits per heavy atom. The third-order valence-electron chi connectivity index (χ3n) is 4.30.